The summed E-state index contributed by atoms with van der Waals surface area (Å²) in [7, 11) is -3.64. The summed E-state index contributed by atoms with van der Waals surface area (Å²) < 4.78 is 27.7. The third-order valence-corrected chi connectivity index (χ3v) is 5.64. The molecule has 0 bridgehead atoms. The lowest BCUT2D eigenvalue weighted by Crippen LogP contribution is -2.34. The topological polar surface area (TPSA) is 66.4 Å². The van der Waals surface area contributed by atoms with E-state index in [1.165, 1.54) is 6.07 Å². The molecule has 1 aromatic rings. The average Bonchev–Trinajstić information content (AvgIpc) is 2.39. The van der Waals surface area contributed by atoms with Gasteiger partial charge in [0.15, 0.2) is 0 Å². The molecule has 0 fully saturated rings. The van der Waals surface area contributed by atoms with Crippen molar-refractivity contribution in [3.8, 4) is 0 Å². The third-order valence-electron chi connectivity index (χ3n) is 3.70. The molecule has 0 amide bonds. The molecule has 0 aromatic heterocycles. The molecule has 2 unspecified atom stereocenters. The minimum Gasteiger partial charge on any atom is -0.392 e. The Hall–Kier alpha value is -0.620. The molecule has 0 heterocycles. The molecule has 0 aliphatic carbocycles. The van der Waals surface area contributed by atoms with Crippen LogP contribution in [0.4, 0.5) is 0 Å². The standard InChI is InChI=1S/C15H24ClNO3S/c1-5-10(2)6-11(3)17-21(19,20)15-8-14(16)7-13(9-18)12(15)4/h7-8,10-11,17-18H,5-6,9H2,1-4H3. The van der Waals surface area contributed by atoms with Gasteiger partial charge in [0.05, 0.1) is 11.5 Å². The second-order valence-corrected chi connectivity index (χ2v) is 7.74. The lowest BCUT2D eigenvalue weighted by molar-refractivity contribution is 0.280. The maximum atomic E-state index is 12.5. The Morgan fingerprint density at radius 2 is 1.95 bits per heavy atom. The van der Waals surface area contributed by atoms with Crippen LogP contribution >= 0.6 is 11.6 Å². The normalized spacial score (nSPS) is 15.0. The van der Waals surface area contributed by atoms with E-state index in [1.807, 2.05) is 6.92 Å². The second kappa shape index (κ2) is 7.58. The summed E-state index contributed by atoms with van der Waals surface area (Å²) in [5, 5.41) is 9.60. The number of aliphatic hydroxyl groups excluding tert-OH is 1. The molecule has 0 aliphatic heterocycles. The molecule has 0 aliphatic rings. The number of sulfonamides is 1. The minimum atomic E-state index is -3.64. The van der Waals surface area contributed by atoms with Crippen LogP contribution in [0.25, 0.3) is 0 Å². The first kappa shape index (κ1) is 18.4. The van der Waals surface area contributed by atoms with Crippen molar-refractivity contribution < 1.29 is 13.5 Å². The molecule has 4 nitrogen and oxygen atoms in total. The highest BCUT2D eigenvalue weighted by Crippen LogP contribution is 2.25. The number of benzene rings is 1. The Labute approximate surface area is 132 Å². The summed E-state index contributed by atoms with van der Waals surface area (Å²) >= 11 is 5.95. The Kier molecular flexibility index (Phi) is 6.66. The molecule has 0 saturated heterocycles. The van der Waals surface area contributed by atoms with Gasteiger partial charge in [-0.1, -0.05) is 31.9 Å². The fraction of sp³-hybridized carbons (Fsp3) is 0.600. The number of halogens is 1. The molecule has 2 atom stereocenters. The van der Waals surface area contributed by atoms with Crippen molar-refractivity contribution in [3.05, 3.63) is 28.3 Å². The quantitative estimate of drug-likeness (QED) is 0.805. The van der Waals surface area contributed by atoms with Gasteiger partial charge in [0.1, 0.15) is 0 Å². The zero-order chi connectivity index (χ0) is 16.2. The fourth-order valence-electron chi connectivity index (χ4n) is 2.30. The molecule has 0 spiro atoms. The SMILES string of the molecule is CCC(C)CC(C)NS(=O)(=O)c1cc(Cl)cc(CO)c1C. The van der Waals surface area contributed by atoms with E-state index in [0.29, 0.717) is 22.1 Å². The van der Waals surface area contributed by atoms with E-state index in [0.717, 1.165) is 12.8 Å². The molecule has 2 N–H and O–H groups in total. The van der Waals surface area contributed by atoms with Crippen LogP contribution in [0.2, 0.25) is 5.02 Å². The molecular formula is C15H24ClNO3S. The Balaban J connectivity index is 3.06. The van der Waals surface area contributed by atoms with Crippen LogP contribution < -0.4 is 4.72 Å². The van der Waals surface area contributed by atoms with E-state index in [-0.39, 0.29) is 17.5 Å². The Morgan fingerprint density at radius 1 is 1.33 bits per heavy atom. The number of hydrogen-bond acceptors (Lipinski definition) is 3. The van der Waals surface area contributed by atoms with Crippen LogP contribution in [0.3, 0.4) is 0 Å². The van der Waals surface area contributed by atoms with Crippen LogP contribution in [-0.4, -0.2) is 19.6 Å². The van der Waals surface area contributed by atoms with Crippen molar-refractivity contribution in [1.82, 2.24) is 4.72 Å². The van der Waals surface area contributed by atoms with Gasteiger partial charge in [0.2, 0.25) is 10.0 Å². The molecule has 6 heteroatoms. The molecule has 0 saturated carbocycles. The van der Waals surface area contributed by atoms with Crippen molar-refractivity contribution in [3.63, 3.8) is 0 Å². The second-order valence-electron chi connectivity index (χ2n) is 5.62. The molecule has 21 heavy (non-hydrogen) atoms. The molecular weight excluding hydrogens is 310 g/mol. The first-order chi connectivity index (χ1) is 9.71. The summed E-state index contributed by atoms with van der Waals surface area (Å²) in [6, 6.07) is 2.85. The van der Waals surface area contributed by atoms with Crippen LogP contribution in [0.1, 0.15) is 44.7 Å². The Bertz CT molecular complexity index is 587. The summed E-state index contributed by atoms with van der Waals surface area (Å²) in [5.41, 5.74) is 1.06. The zero-order valence-electron chi connectivity index (χ0n) is 13.0. The van der Waals surface area contributed by atoms with Crippen LogP contribution in [-0.2, 0) is 16.6 Å². The molecule has 120 valence electrons. The lowest BCUT2D eigenvalue weighted by atomic mass is 10.0. The maximum Gasteiger partial charge on any atom is 0.241 e. The van der Waals surface area contributed by atoms with Crippen LogP contribution in [0.5, 0.6) is 0 Å². The summed E-state index contributed by atoms with van der Waals surface area (Å²) in [5.74, 6) is 0.455. The van der Waals surface area contributed by atoms with E-state index in [2.05, 4.69) is 18.6 Å². The van der Waals surface area contributed by atoms with E-state index in [4.69, 9.17) is 11.6 Å². The van der Waals surface area contributed by atoms with E-state index >= 15 is 0 Å². The fourth-order valence-corrected chi connectivity index (χ4v) is 4.17. The largest absolute Gasteiger partial charge is 0.392 e. The van der Waals surface area contributed by atoms with Crippen LogP contribution in [0, 0.1) is 12.8 Å². The average molecular weight is 334 g/mol. The van der Waals surface area contributed by atoms with Crippen molar-refractivity contribution >= 4 is 21.6 Å². The number of hydrogen-bond donors (Lipinski definition) is 2. The summed E-state index contributed by atoms with van der Waals surface area (Å²) in [6.07, 6.45) is 1.79. The molecule has 1 rings (SSSR count). The number of aliphatic hydroxyl groups is 1. The van der Waals surface area contributed by atoms with Crippen molar-refractivity contribution in [2.75, 3.05) is 0 Å². The first-order valence-electron chi connectivity index (χ1n) is 7.13. The highest BCUT2D eigenvalue weighted by molar-refractivity contribution is 7.89. The summed E-state index contributed by atoms with van der Waals surface area (Å²) in [6.45, 7) is 7.48. The van der Waals surface area contributed by atoms with E-state index in [1.54, 1.807) is 13.0 Å². The van der Waals surface area contributed by atoms with Gasteiger partial charge in [-0.2, -0.15) is 0 Å². The smallest absolute Gasteiger partial charge is 0.241 e. The highest BCUT2D eigenvalue weighted by Gasteiger charge is 2.22. The summed E-state index contributed by atoms with van der Waals surface area (Å²) in [4.78, 5) is 0.134. The van der Waals surface area contributed by atoms with Gasteiger partial charge < -0.3 is 5.11 Å². The van der Waals surface area contributed by atoms with E-state index in [9.17, 15) is 13.5 Å². The number of nitrogens with one attached hydrogen (secondary N) is 1. The first-order valence-corrected chi connectivity index (χ1v) is 8.99. The Morgan fingerprint density at radius 3 is 2.48 bits per heavy atom. The van der Waals surface area contributed by atoms with Gasteiger partial charge >= 0.3 is 0 Å². The predicted molar refractivity (Wildman–Crippen MR) is 86.0 cm³/mol. The minimum absolute atomic E-state index is 0.134. The van der Waals surface area contributed by atoms with Crippen molar-refractivity contribution in [1.29, 1.82) is 0 Å². The monoisotopic (exact) mass is 333 g/mol. The zero-order valence-corrected chi connectivity index (χ0v) is 14.6. The highest BCUT2D eigenvalue weighted by atomic mass is 35.5. The predicted octanol–water partition coefficient (Wildman–Crippen LogP) is 3.24. The lowest BCUT2D eigenvalue weighted by Gasteiger charge is -2.19. The van der Waals surface area contributed by atoms with Gasteiger partial charge in [-0.3, -0.25) is 0 Å². The van der Waals surface area contributed by atoms with Crippen molar-refractivity contribution in [2.24, 2.45) is 5.92 Å². The van der Waals surface area contributed by atoms with E-state index < -0.39 is 10.0 Å². The molecule has 0 radical (unpaired) electrons. The van der Waals surface area contributed by atoms with Gasteiger partial charge in [0.25, 0.3) is 0 Å². The maximum absolute atomic E-state index is 12.5. The van der Waals surface area contributed by atoms with Gasteiger partial charge in [-0.05, 0) is 49.4 Å². The molecule has 1 aromatic carbocycles. The number of rotatable bonds is 7. The van der Waals surface area contributed by atoms with Crippen LogP contribution in [0.15, 0.2) is 17.0 Å². The van der Waals surface area contributed by atoms with Gasteiger partial charge in [-0.15, -0.1) is 0 Å². The van der Waals surface area contributed by atoms with Gasteiger partial charge in [0, 0.05) is 11.1 Å². The van der Waals surface area contributed by atoms with Crippen molar-refractivity contribution in [2.45, 2.75) is 58.1 Å². The van der Waals surface area contributed by atoms with Gasteiger partial charge in [-0.25, -0.2) is 13.1 Å². The third kappa shape index (κ3) is 4.95.